The Bertz CT molecular complexity index is 613. The minimum atomic E-state index is 0.496. The molecule has 0 aromatic carbocycles. The van der Waals surface area contributed by atoms with E-state index in [1.54, 1.807) is 7.05 Å². The fourth-order valence-corrected chi connectivity index (χ4v) is 1.87. The van der Waals surface area contributed by atoms with Gasteiger partial charge in [-0.25, -0.2) is 4.98 Å². The maximum Gasteiger partial charge on any atom is 0.214 e. The highest BCUT2D eigenvalue weighted by atomic mass is 16.4. The fraction of sp³-hybridized carbons (Fsp3) is 0.400. The molecular weight excluding hydrogens is 266 g/mol. The SMILES string of the molecule is CN=C(NCc1cccc(C)n1)NCc1nc(C)c(C)o1. The summed E-state index contributed by atoms with van der Waals surface area (Å²) >= 11 is 0. The molecule has 0 amide bonds. The Morgan fingerprint density at radius 2 is 1.90 bits per heavy atom. The third-order valence-electron chi connectivity index (χ3n) is 3.09. The van der Waals surface area contributed by atoms with Crippen LogP contribution in [0.1, 0.15) is 28.7 Å². The van der Waals surface area contributed by atoms with Gasteiger partial charge in [0.05, 0.1) is 24.5 Å². The summed E-state index contributed by atoms with van der Waals surface area (Å²) in [5.74, 6) is 2.19. The van der Waals surface area contributed by atoms with Gasteiger partial charge in [0.2, 0.25) is 5.89 Å². The second-order valence-corrected chi connectivity index (χ2v) is 4.80. The second kappa shape index (κ2) is 6.88. The third-order valence-corrected chi connectivity index (χ3v) is 3.09. The molecule has 0 bridgehead atoms. The lowest BCUT2D eigenvalue weighted by atomic mass is 10.3. The fourth-order valence-electron chi connectivity index (χ4n) is 1.87. The molecule has 0 unspecified atom stereocenters. The van der Waals surface area contributed by atoms with E-state index in [9.17, 15) is 0 Å². The molecule has 0 aliphatic rings. The molecule has 0 saturated carbocycles. The van der Waals surface area contributed by atoms with Gasteiger partial charge in [-0.05, 0) is 32.9 Å². The number of nitrogens with one attached hydrogen (secondary N) is 2. The first-order valence-electron chi connectivity index (χ1n) is 6.88. The number of aliphatic imine (C=N–C) groups is 1. The van der Waals surface area contributed by atoms with Crippen LogP contribution in [0.5, 0.6) is 0 Å². The molecule has 0 atom stereocenters. The Morgan fingerprint density at radius 3 is 2.52 bits per heavy atom. The van der Waals surface area contributed by atoms with E-state index >= 15 is 0 Å². The molecule has 2 N–H and O–H groups in total. The van der Waals surface area contributed by atoms with Gasteiger partial charge in [-0.1, -0.05) is 6.07 Å². The van der Waals surface area contributed by atoms with Crippen LogP contribution in [0.25, 0.3) is 0 Å². The number of oxazole rings is 1. The van der Waals surface area contributed by atoms with Crippen molar-refractivity contribution < 1.29 is 4.42 Å². The Labute approximate surface area is 124 Å². The van der Waals surface area contributed by atoms with Crippen LogP contribution in [0.4, 0.5) is 0 Å². The van der Waals surface area contributed by atoms with E-state index in [-0.39, 0.29) is 0 Å². The van der Waals surface area contributed by atoms with Crippen molar-refractivity contribution in [3.05, 3.63) is 46.9 Å². The molecular formula is C15H21N5O. The number of hydrogen-bond acceptors (Lipinski definition) is 4. The van der Waals surface area contributed by atoms with Crippen LogP contribution in [-0.2, 0) is 13.1 Å². The molecule has 0 aliphatic carbocycles. The number of rotatable bonds is 4. The highest BCUT2D eigenvalue weighted by Crippen LogP contribution is 2.07. The summed E-state index contributed by atoms with van der Waals surface area (Å²) in [5, 5.41) is 6.38. The molecule has 6 nitrogen and oxygen atoms in total. The lowest BCUT2D eigenvalue weighted by Crippen LogP contribution is -2.36. The van der Waals surface area contributed by atoms with Gasteiger partial charge in [-0.3, -0.25) is 9.98 Å². The first-order valence-corrected chi connectivity index (χ1v) is 6.88. The summed E-state index contributed by atoms with van der Waals surface area (Å²) in [4.78, 5) is 12.9. The predicted octanol–water partition coefficient (Wildman–Crippen LogP) is 1.86. The molecule has 2 rings (SSSR count). The lowest BCUT2D eigenvalue weighted by molar-refractivity contribution is 0.463. The Morgan fingerprint density at radius 1 is 1.14 bits per heavy atom. The van der Waals surface area contributed by atoms with Gasteiger partial charge in [-0.2, -0.15) is 0 Å². The zero-order valence-electron chi connectivity index (χ0n) is 12.9. The van der Waals surface area contributed by atoms with Crippen molar-refractivity contribution in [1.29, 1.82) is 0 Å². The average Bonchev–Trinajstić information content (AvgIpc) is 2.78. The minimum absolute atomic E-state index is 0.496. The third kappa shape index (κ3) is 4.30. The molecule has 21 heavy (non-hydrogen) atoms. The number of hydrogen-bond donors (Lipinski definition) is 2. The van der Waals surface area contributed by atoms with E-state index in [2.05, 4.69) is 25.6 Å². The minimum Gasteiger partial charge on any atom is -0.444 e. The Balaban J connectivity index is 1.86. The van der Waals surface area contributed by atoms with Crippen LogP contribution in [0.3, 0.4) is 0 Å². The van der Waals surface area contributed by atoms with E-state index < -0.39 is 0 Å². The zero-order valence-corrected chi connectivity index (χ0v) is 12.9. The number of aromatic nitrogens is 2. The van der Waals surface area contributed by atoms with E-state index in [1.807, 2.05) is 39.0 Å². The molecule has 2 aromatic heterocycles. The lowest BCUT2D eigenvalue weighted by Gasteiger charge is -2.10. The molecule has 0 radical (unpaired) electrons. The molecule has 6 heteroatoms. The maximum atomic E-state index is 5.52. The Hall–Kier alpha value is -2.37. The molecule has 0 aliphatic heterocycles. The molecule has 2 aromatic rings. The Kier molecular flexibility index (Phi) is 4.92. The van der Waals surface area contributed by atoms with Crippen molar-refractivity contribution in [3.8, 4) is 0 Å². The number of aryl methyl sites for hydroxylation is 3. The van der Waals surface area contributed by atoms with Gasteiger partial charge in [0.15, 0.2) is 5.96 Å². The van der Waals surface area contributed by atoms with E-state index in [4.69, 9.17) is 4.42 Å². The van der Waals surface area contributed by atoms with Crippen LogP contribution >= 0.6 is 0 Å². The van der Waals surface area contributed by atoms with Gasteiger partial charge >= 0.3 is 0 Å². The molecule has 0 spiro atoms. The summed E-state index contributed by atoms with van der Waals surface area (Å²) in [6.07, 6.45) is 0. The van der Waals surface area contributed by atoms with Gasteiger partial charge in [0.1, 0.15) is 5.76 Å². The van der Waals surface area contributed by atoms with Gasteiger partial charge < -0.3 is 15.1 Å². The first-order chi connectivity index (χ1) is 10.1. The van der Waals surface area contributed by atoms with Gasteiger partial charge in [0.25, 0.3) is 0 Å². The highest BCUT2D eigenvalue weighted by Gasteiger charge is 2.06. The summed E-state index contributed by atoms with van der Waals surface area (Å²) in [7, 11) is 1.73. The van der Waals surface area contributed by atoms with Crippen molar-refractivity contribution in [2.45, 2.75) is 33.9 Å². The van der Waals surface area contributed by atoms with Crippen molar-refractivity contribution in [2.24, 2.45) is 4.99 Å². The van der Waals surface area contributed by atoms with Crippen molar-refractivity contribution >= 4 is 5.96 Å². The van der Waals surface area contributed by atoms with E-state index in [0.29, 0.717) is 24.9 Å². The molecule has 2 heterocycles. The quantitative estimate of drug-likeness (QED) is 0.663. The highest BCUT2D eigenvalue weighted by molar-refractivity contribution is 5.79. The van der Waals surface area contributed by atoms with Gasteiger partial charge in [-0.15, -0.1) is 0 Å². The molecule has 112 valence electrons. The van der Waals surface area contributed by atoms with Crippen LogP contribution < -0.4 is 10.6 Å². The van der Waals surface area contributed by atoms with Crippen LogP contribution in [-0.4, -0.2) is 23.0 Å². The van der Waals surface area contributed by atoms with Gasteiger partial charge in [0, 0.05) is 12.7 Å². The standard InChI is InChI=1S/C15H21N5O/c1-10-6-5-7-13(19-10)8-17-15(16-4)18-9-14-20-11(2)12(3)21-14/h5-7H,8-9H2,1-4H3,(H2,16,17,18). The van der Waals surface area contributed by atoms with Crippen molar-refractivity contribution in [1.82, 2.24) is 20.6 Å². The monoisotopic (exact) mass is 287 g/mol. The summed E-state index contributed by atoms with van der Waals surface area (Å²) in [6.45, 7) is 6.92. The average molecular weight is 287 g/mol. The maximum absolute atomic E-state index is 5.52. The molecule has 0 fully saturated rings. The summed E-state index contributed by atoms with van der Waals surface area (Å²) in [6, 6.07) is 5.95. The number of guanidine groups is 1. The van der Waals surface area contributed by atoms with Crippen LogP contribution in [0, 0.1) is 20.8 Å². The zero-order chi connectivity index (χ0) is 15.2. The summed E-state index contributed by atoms with van der Waals surface area (Å²) in [5.41, 5.74) is 2.89. The predicted molar refractivity (Wildman–Crippen MR) is 82.0 cm³/mol. The largest absolute Gasteiger partial charge is 0.444 e. The van der Waals surface area contributed by atoms with Crippen LogP contribution in [0.15, 0.2) is 27.6 Å². The smallest absolute Gasteiger partial charge is 0.214 e. The van der Waals surface area contributed by atoms with Crippen LogP contribution in [0.2, 0.25) is 0 Å². The number of pyridine rings is 1. The molecule has 0 saturated heterocycles. The van der Waals surface area contributed by atoms with Crippen molar-refractivity contribution in [2.75, 3.05) is 7.05 Å². The first kappa shape index (κ1) is 15.0. The van der Waals surface area contributed by atoms with E-state index in [0.717, 1.165) is 22.8 Å². The number of nitrogens with zero attached hydrogens (tertiary/aromatic N) is 3. The second-order valence-electron chi connectivity index (χ2n) is 4.80. The summed E-state index contributed by atoms with van der Waals surface area (Å²) < 4.78 is 5.52. The van der Waals surface area contributed by atoms with Crippen molar-refractivity contribution in [3.63, 3.8) is 0 Å². The van der Waals surface area contributed by atoms with E-state index in [1.165, 1.54) is 0 Å². The topological polar surface area (TPSA) is 75.3 Å². The normalized spacial score (nSPS) is 11.5.